The summed E-state index contributed by atoms with van der Waals surface area (Å²) in [6, 6.07) is -0.176. The fourth-order valence-electron chi connectivity index (χ4n) is 2.56. The van der Waals surface area contributed by atoms with E-state index in [2.05, 4.69) is 5.32 Å². The van der Waals surface area contributed by atoms with Crippen molar-refractivity contribution in [2.75, 3.05) is 52.9 Å². The van der Waals surface area contributed by atoms with Crippen LogP contribution in [0.25, 0.3) is 0 Å². The zero-order valence-electron chi connectivity index (χ0n) is 21.0. The van der Waals surface area contributed by atoms with Crippen molar-refractivity contribution in [3.63, 3.8) is 0 Å². The van der Waals surface area contributed by atoms with Crippen LogP contribution in [-0.4, -0.2) is 81.5 Å². The van der Waals surface area contributed by atoms with Gasteiger partial charge in [-0.2, -0.15) is 0 Å². The van der Waals surface area contributed by atoms with Crippen molar-refractivity contribution in [1.82, 2.24) is 10.2 Å². The number of ether oxygens (including phenoxy) is 3. The summed E-state index contributed by atoms with van der Waals surface area (Å²) in [4.78, 5) is 26.2. The number of carbonyl (C=O) groups excluding carboxylic acids is 2. The first-order chi connectivity index (χ1) is 15.3. The third kappa shape index (κ3) is 13.9. The molecule has 12 heteroatoms. The van der Waals surface area contributed by atoms with E-state index in [1.807, 2.05) is 27.7 Å². The molecule has 1 aliphatic heterocycles. The Labute approximate surface area is 197 Å². The van der Waals surface area contributed by atoms with Gasteiger partial charge in [0.05, 0.1) is 26.4 Å². The third-order valence-electron chi connectivity index (χ3n) is 3.96. The highest BCUT2D eigenvalue weighted by atomic mass is 31.2. The number of phosphoric ester groups is 1. The van der Waals surface area contributed by atoms with Gasteiger partial charge in [-0.3, -0.25) is 18.7 Å². The molecule has 1 fully saturated rings. The van der Waals surface area contributed by atoms with E-state index < -0.39 is 32.3 Å². The highest BCUT2D eigenvalue weighted by molar-refractivity contribution is 7.48. The molecule has 0 radical (unpaired) electrons. The standard InChI is InChI=1S/C21H41N2O9P/c1-16(2)12-29-33(26,30-13-17(3)4)31-15-28-20(25)23(10-18-14-27-9-8-22-18)11-19(24)32-21(5,6)7/h16-18,22H,8-15H2,1-7H3/t18-/m0/s1. The van der Waals surface area contributed by atoms with Crippen LogP contribution in [0.4, 0.5) is 4.79 Å². The number of nitrogens with one attached hydrogen (secondary N) is 1. The normalized spacial score (nSPS) is 17.3. The van der Waals surface area contributed by atoms with Gasteiger partial charge in [0.1, 0.15) is 12.1 Å². The van der Waals surface area contributed by atoms with E-state index in [0.29, 0.717) is 19.8 Å². The molecular weight excluding hydrogens is 455 g/mol. The molecule has 1 saturated heterocycles. The molecule has 1 rings (SSSR count). The maximum absolute atomic E-state index is 12.9. The van der Waals surface area contributed by atoms with E-state index in [1.54, 1.807) is 20.8 Å². The van der Waals surface area contributed by atoms with Crippen LogP contribution in [0.1, 0.15) is 48.5 Å². The summed E-state index contributed by atoms with van der Waals surface area (Å²) in [7, 11) is -3.92. The van der Waals surface area contributed by atoms with Crippen LogP contribution in [-0.2, 0) is 37.1 Å². The Bertz CT molecular complexity index is 630. The Morgan fingerprint density at radius 1 is 1.09 bits per heavy atom. The molecule has 1 atom stereocenters. The number of carbonyl (C=O) groups is 2. The van der Waals surface area contributed by atoms with Crippen molar-refractivity contribution in [1.29, 1.82) is 0 Å². The number of hydrogen-bond donors (Lipinski definition) is 1. The molecule has 33 heavy (non-hydrogen) atoms. The minimum absolute atomic E-state index is 0.0988. The van der Waals surface area contributed by atoms with Crippen molar-refractivity contribution < 1.29 is 41.9 Å². The first-order valence-corrected chi connectivity index (χ1v) is 12.7. The molecule has 1 heterocycles. The number of nitrogens with zero attached hydrogens (tertiary/aromatic N) is 1. The first kappa shape index (κ1) is 29.8. The van der Waals surface area contributed by atoms with E-state index >= 15 is 0 Å². The lowest BCUT2D eigenvalue weighted by Gasteiger charge is -2.30. The fourth-order valence-corrected chi connectivity index (χ4v) is 3.93. The Kier molecular flexibility index (Phi) is 12.9. The number of hydrogen-bond acceptors (Lipinski definition) is 10. The average Bonchev–Trinajstić information content (AvgIpc) is 2.70. The average molecular weight is 497 g/mol. The summed E-state index contributed by atoms with van der Waals surface area (Å²) < 4.78 is 44.6. The van der Waals surface area contributed by atoms with Gasteiger partial charge in [-0.15, -0.1) is 0 Å². The summed E-state index contributed by atoms with van der Waals surface area (Å²) in [5.74, 6) is -0.383. The van der Waals surface area contributed by atoms with Crippen molar-refractivity contribution in [3.05, 3.63) is 0 Å². The van der Waals surface area contributed by atoms with Gasteiger partial charge in [0.25, 0.3) is 0 Å². The predicted molar refractivity (Wildman–Crippen MR) is 122 cm³/mol. The summed E-state index contributed by atoms with van der Waals surface area (Å²) >= 11 is 0. The van der Waals surface area contributed by atoms with Gasteiger partial charge in [-0.25, -0.2) is 13.9 Å². The number of esters is 1. The Morgan fingerprint density at radius 2 is 1.70 bits per heavy atom. The SMILES string of the molecule is CC(C)COP(=O)(OCOC(=O)N(CC(=O)OC(C)(C)C)C[C@H]1COCCN1)OCC(C)C. The topological polar surface area (TPSA) is 122 Å². The van der Waals surface area contributed by atoms with Gasteiger partial charge in [0, 0.05) is 19.1 Å². The molecule has 0 spiro atoms. The van der Waals surface area contributed by atoms with Crippen LogP contribution in [0.3, 0.4) is 0 Å². The summed E-state index contributed by atoms with van der Waals surface area (Å²) in [6.07, 6.45) is -0.826. The molecule has 11 nitrogen and oxygen atoms in total. The van der Waals surface area contributed by atoms with Crippen LogP contribution >= 0.6 is 7.82 Å². The van der Waals surface area contributed by atoms with Gasteiger partial charge in [-0.05, 0) is 32.6 Å². The lowest BCUT2D eigenvalue weighted by atomic mass is 10.2. The van der Waals surface area contributed by atoms with Gasteiger partial charge < -0.3 is 19.5 Å². The molecule has 0 aliphatic carbocycles. The second kappa shape index (κ2) is 14.2. The number of rotatable bonds is 13. The highest BCUT2D eigenvalue weighted by Gasteiger charge is 2.30. The van der Waals surface area contributed by atoms with E-state index in [9.17, 15) is 14.2 Å². The minimum atomic E-state index is -3.92. The van der Waals surface area contributed by atoms with Crippen LogP contribution in [0.5, 0.6) is 0 Å². The van der Waals surface area contributed by atoms with Gasteiger partial charge in [0.15, 0.2) is 0 Å². The number of morpholine rings is 1. The van der Waals surface area contributed by atoms with Crippen LogP contribution in [0.15, 0.2) is 0 Å². The molecule has 0 aromatic heterocycles. The van der Waals surface area contributed by atoms with Crippen molar-refractivity contribution in [3.8, 4) is 0 Å². The predicted octanol–water partition coefficient (Wildman–Crippen LogP) is 3.18. The molecule has 1 amide bonds. The molecule has 0 aromatic carbocycles. The Morgan fingerprint density at radius 3 is 2.18 bits per heavy atom. The van der Waals surface area contributed by atoms with Crippen molar-refractivity contribution >= 4 is 19.9 Å². The molecule has 194 valence electrons. The van der Waals surface area contributed by atoms with E-state index in [-0.39, 0.29) is 44.2 Å². The zero-order valence-corrected chi connectivity index (χ0v) is 21.9. The Hall–Kier alpha value is -1.23. The van der Waals surface area contributed by atoms with Gasteiger partial charge in [-0.1, -0.05) is 27.7 Å². The molecule has 0 saturated carbocycles. The zero-order chi connectivity index (χ0) is 25.1. The summed E-state index contributed by atoms with van der Waals surface area (Å²) in [5, 5.41) is 3.22. The number of phosphoric acid groups is 1. The van der Waals surface area contributed by atoms with Gasteiger partial charge in [0.2, 0.25) is 6.79 Å². The van der Waals surface area contributed by atoms with E-state index in [1.165, 1.54) is 4.90 Å². The van der Waals surface area contributed by atoms with Crippen molar-refractivity contribution in [2.45, 2.75) is 60.1 Å². The van der Waals surface area contributed by atoms with E-state index in [0.717, 1.165) is 0 Å². The molecule has 0 unspecified atom stereocenters. The van der Waals surface area contributed by atoms with Crippen LogP contribution < -0.4 is 5.32 Å². The number of amides is 1. The monoisotopic (exact) mass is 496 g/mol. The second-order valence-corrected chi connectivity index (χ2v) is 11.3. The third-order valence-corrected chi connectivity index (χ3v) is 5.31. The maximum atomic E-state index is 12.9. The van der Waals surface area contributed by atoms with Crippen LogP contribution in [0, 0.1) is 11.8 Å². The lowest BCUT2D eigenvalue weighted by molar-refractivity contribution is -0.156. The molecular formula is C21H41N2O9P. The largest absolute Gasteiger partial charge is 0.477 e. The summed E-state index contributed by atoms with van der Waals surface area (Å²) in [6.45, 7) is 13.9. The van der Waals surface area contributed by atoms with Crippen molar-refractivity contribution in [2.24, 2.45) is 11.8 Å². The lowest BCUT2D eigenvalue weighted by Crippen LogP contribution is -2.51. The molecule has 1 aliphatic rings. The fraction of sp³-hybridized carbons (Fsp3) is 0.905. The van der Waals surface area contributed by atoms with Crippen LogP contribution in [0.2, 0.25) is 0 Å². The summed E-state index contributed by atoms with van der Waals surface area (Å²) in [5.41, 5.74) is -0.698. The second-order valence-electron chi connectivity index (χ2n) is 9.68. The molecule has 0 bridgehead atoms. The maximum Gasteiger partial charge on any atom is 0.477 e. The van der Waals surface area contributed by atoms with E-state index in [4.69, 9.17) is 27.8 Å². The Balaban J connectivity index is 2.73. The quantitative estimate of drug-likeness (QED) is 0.231. The molecule has 0 aromatic rings. The highest BCUT2D eigenvalue weighted by Crippen LogP contribution is 2.50. The smallest absolute Gasteiger partial charge is 0.459 e. The molecule has 1 N–H and O–H groups in total. The van der Waals surface area contributed by atoms with Gasteiger partial charge >= 0.3 is 19.9 Å². The first-order valence-electron chi connectivity index (χ1n) is 11.3. The minimum Gasteiger partial charge on any atom is -0.459 e.